The number of benzene rings is 1. The molecule has 2 rings (SSSR count). The van der Waals surface area contributed by atoms with Gasteiger partial charge in [-0.1, -0.05) is 0 Å². The molecule has 0 spiro atoms. The number of esters is 1. The molecule has 19 heavy (non-hydrogen) atoms. The predicted molar refractivity (Wildman–Crippen MR) is 74.7 cm³/mol. The van der Waals surface area contributed by atoms with Crippen molar-refractivity contribution in [2.45, 2.75) is 20.0 Å². The van der Waals surface area contributed by atoms with Crippen molar-refractivity contribution in [1.82, 2.24) is 4.98 Å². The van der Waals surface area contributed by atoms with Crippen molar-refractivity contribution in [2.75, 3.05) is 7.11 Å². The van der Waals surface area contributed by atoms with E-state index in [0.29, 0.717) is 5.69 Å². The lowest BCUT2D eigenvalue weighted by Gasteiger charge is -2.09. The van der Waals surface area contributed by atoms with Gasteiger partial charge in [-0.05, 0) is 43.7 Å². The number of rotatable bonds is 4. The third-order valence-electron chi connectivity index (χ3n) is 2.43. The van der Waals surface area contributed by atoms with Gasteiger partial charge in [-0.2, -0.15) is 0 Å². The molecule has 1 heterocycles. The van der Waals surface area contributed by atoms with Crippen molar-refractivity contribution >= 4 is 17.3 Å². The number of hydrogen-bond donors (Lipinski definition) is 0. The van der Waals surface area contributed by atoms with E-state index in [2.05, 4.69) is 4.98 Å². The van der Waals surface area contributed by atoms with Crippen LogP contribution in [-0.4, -0.2) is 24.2 Å². The fraction of sp³-hybridized carbons (Fsp3) is 0.286. The van der Waals surface area contributed by atoms with Gasteiger partial charge in [0.1, 0.15) is 5.75 Å². The van der Waals surface area contributed by atoms with E-state index in [1.807, 2.05) is 38.1 Å². The summed E-state index contributed by atoms with van der Waals surface area (Å²) >= 11 is 1.41. The highest BCUT2D eigenvalue weighted by Gasteiger charge is 2.16. The molecule has 0 atom stereocenters. The Kier molecular flexibility index (Phi) is 4.16. The molecule has 0 aliphatic heterocycles. The van der Waals surface area contributed by atoms with E-state index in [0.717, 1.165) is 16.2 Å². The van der Waals surface area contributed by atoms with Crippen LogP contribution in [0.3, 0.4) is 0 Å². The van der Waals surface area contributed by atoms with Crippen LogP contribution in [0.4, 0.5) is 0 Å². The summed E-state index contributed by atoms with van der Waals surface area (Å²) in [5.74, 6) is 0.390. The summed E-state index contributed by atoms with van der Waals surface area (Å²) < 4.78 is 10.3. The van der Waals surface area contributed by atoms with Crippen LogP contribution in [0.15, 0.2) is 29.8 Å². The maximum atomic E-state index is 11.6. The Balaban J connectivity index is 2.28. The molecule has 0 bridgehead atoms. The molecular formula is C14H15NO3S. The minimum atomic E-state index is -0.418. The number of carbonyl (C=O) groups is 1. The summed E-state index contributed by atoms with van der Waals surface area (Å²) in [6.45, 7) is 3.96. The maximum absolute atomic E-state index is 11.6. The first kappa shape index (κ1) is 13.5. The van der Waals surface area contributed by atoms with Crippen molar-refractivity contribution in [3.05, 3.63) is 35.5 Å². The lowest BCUT2D eigenvalue weighted by molar-refractivity contribution is 0.0596. The van der Waals surface area contributed by atoms with Crippen LogP contribution in [-0.2, 0) is 4.74 Å². The van der Waals surface area contributed by atoms with Crippen molar-refractivity contribution in [3.63, 3.8) is 0 Å². The number of nitrogens with zero attached hydrogens (tertiary/aromatic N) is 1. The van der Waals surface area contributed by atoms with E-state index in [9.17, 15) is 4.79 Å². The Morgan fingerprint density at radius 3 is 2.53 bits per heavy atom. The van der Waals surface area contributed by atoms with Gasteiger partial charge in [-0.25, -0.2) is 9.78 Å². The van der Waals surface area contributed by atoms with Gasteiger partial charge >= 0.3 is 5.97 Å². The van der Waals surface area contributed by atoms with Crippen LogP contribution in [0.25, 0.3) is 10.4 Å². The summed E-state index contributed by atoms with van der Waals surface area (Å²) in [5.41, 5.74) is 2.92. The minimum Gasteiger partial charge on any atom is -0.491 e. The number of thiazole rings is 1. The Bertz CT molecular complexity index is 560. The molecule has 0 amide bonds. The molecule has 1 aromatic carbocycles. The molecule has 1 aromatic heterocycles. The summed E-state index contributed by atoms with van der Waals surface area (Å²) in [4.78, 5) is 16.4. The second-order valence-electron chi connectivity index (χ2n) is 4.21. The molecule has 0 unspecified atom stereocenters. The number of methoxy groups -OCH3 is 1. The fourth-order valence-electron chi connectivity index (χ4n) is 1.65. The predicted octanol–water partition coefficient (Wildman–Crippen LogP) is 3.38. The zero-order chi connectivity index (χ0) is 13.8. The van der Waals surface area contributed by atoms with E-state index >= 15 is 0 Å². The van der Waals surface area contributed by atoms with Crippen LogP contribution < -0.4 is 4.74 Å². The molecule has 0 saturated heterocycles. The molecule has 2 aromatic rings. The highest BCUT2D eigenvalue weighted by molar-refractivity contribution is 7.13. The van der Waals surface area contributed by atoms with Gasteiger partial charge in [-0.15, -0.1) is 11.3 Å². The average molecular weight is 277 g/mol. The summed E-state index contributed by atoms with van der Waals surface area (Å²) in [5, 5.41) is 0. The van der Waals surface area contributed by atoms with Crippen LogP contribution in [0, 0.1) is 0 Å². The van der Waals surface area contributed by atoms with Crippen molar-refractivity contribution in [3.8, 4) is 16.2 Å². The number of hydrogen-bond acceptors (Lipinski definition) is 5. The van der Waals surface area contributed by atoms with Gasteiger partial charge in [0.15, 0.2) is 5.69 Å². The Morgan fingerprint density at radius 1 is 1.26 bits per heavy atom. The van der Waals surface area contributed by atoms with Gasteiger partial charge in [0.25, 0.3) is 0 Å². The van der Waals surface area contributed by atoms with Crippen LogP contribution in [0.5, 0.6) is 5.75 Å². The van der Waals surface area contributed by atoms with E-state index in [-0.39, 0.29) is 6.10 Å². The molecular weight excluding hydrogens is 262 g/mol. The van der Waals surface area contributed by atoms with Crippen molar-refractivity contribution in [2.24, 2.45) is 0 Å². The third kappa shape index (κ3) is 3.12. The summed E-state index contributed by atoms with van der Waals surface area (Å²) in [6, 6.07) is 7.60. The standard InChI is InChI=1S/C14H15NO3S/c1-9(2)18-11-6-4-10(5-7-11)13-12(14(16)17-3)15-8-19-13/h4-9H,1-3H3. The van der Waals surface area contributed by atoms with Gasteiger partial charge in [0.05, 0.1) is 23.6 Å². The average Bonchev–Trinajstić information content (AvgIpc) is 2.87. The molecule has 0 aliphatic rings. The van der Waals surface area contributed by atoms with Crippen LogP contribution in [0.1, 0.15) is 24.3 Å². The van der Waals surface area contributed by atoms with Crippen molar-refractivity contribution in [1.29, 1.82) is 0 Å². The van der Waals surface area contributed by atoms with E-state index < -0.39 is 5.97 Å². The fourth-order valence-corrected chi connectivity index (χ4v) is 2.43. The lowest BCUT2D eigenvalue weighted by Crippen LogP contribution is -2.05. The number of carbonyl (C=O) groups excluding carboxylic acids is 1. The van der Waals surface area contributed by atoms with Gasteiger partial charge in [0.2, 0.25) is 0 Å². The normalized spacial score (nSPS) is 10.5. The molecule has 4 nitrogen and oxygen atoms in total. The van der Waals surface area contributed by atoms with Crippen molar-refractivity contribution < 1.29 is 14.3 Å². The topological polar surface area (TPSA) is 48.4 Å². The first-order valence-electron chi connectivity index (χ1n) is 5.90. The molecule has 0 saturated carbocycles. The molecule has 100 valence electrons. The molecule has 5 heteroatoms. The van der Waals surface area contributed by atoms with E-state index in [4.69, 9.17) is 9.47 Å². The third-order valence-corrected chi connectivity index (χ3v) is 3.31. The second-order valence-corrected chi connectivity index (χ2v) is 5.07. The van der Waals surface area contributed by atoms with Crippen LogP contribution >= 0.6 is 11.3 Å². The quantitative estimate of drug-likeness (QED) is 0.804. The Morgan fingerprint density at radius 2 is 1.95 bits per heavy atom. The summed E-state index contributed by atoms with van der Waals surface area (Å²) in [7, 11) is 1.35. The number of aromatic nitrogens is 1. The zero-order valence-corrected chi connectivity index (χ0v) is 11.9. The molecule has 0 N–H and O–H groups in total. The van der Waals surface area contributed by atoms with E-state index in [1.165, 1.54) is 18.4 Å². The summed E-state index contributed by atoms with van der Waals surface area (Å²) in [6.07, 6.45) is 0.139. The number of ether oxygens (including phenoxy) is 2. The maximum Gasteiger partial charge on any atom is 0.358 e. The minimum absolute atomic E-state index is 0.139. The lowest BCUT2D eigenvalue weighted by atomic mass is 10.1. The Hall–Kier alpha value is -1.88. The molecule has 0 aliphatic carbocycles. The van der Waals surface area contributed by atoms with Gasteiger partial charge in [-0.3, -0.25) is 0 Å². The molecule has 0 fully saturated rings. The SMILES string of the molecule is COC(=O)c1ncsc1-c1ccc(OC(C)C)cc1. The first-order chi connectivity index (χ1) is 9.11. The zero-order valence-electron chi connectivity index (χ0n) is 11.0. The second kappa shape index (κ2) is 5.84. The first-order valence-corrected chi connectivity index (χ1v) is 6.78. The molecule has 0 radical (unpaired) electrons. The van der Waals surface area contributed by atoms with Crippen LogP contribution in [0.2, 0.25) is 0 Å². The largest absolute Gasteiger partial charge is 0.491 e. The van der Waals surface area contributed by atoms with E-state index in [1.54, 1.807) is 5.51 Å². The Labute approximate surface area is 116 Å². The highest BCUT2D eigenvalue weighted by Crippen LogP contribution is 2.29. The monoisotopic (exact) mass is 277 g/mol. The van der Waals surface area contributed by atoms with Gasteiger partial charge < -0.3 is 9.47 Å². The highest BCUT2D eigenvalue weighted by atomic mass is 32.1. The van der Waals surface area contributed by atoms with Gasteiger partial charge in [0, 0.05) is 0 Å². The smallest absolute Gasteiger partial charge is 0.358 e.